The lowest BCUT2D eigenvalue weighted by atomic mass is 10.2. The highest BCUT2D eigenvalue weighted by Gasteiger charge is 2.07. The first-order chi connectivity index (χ1) is 8.61. The van der Waals surface area contributed by atoms with E-state index in [4.69, 9.17) is 0 Å². The van der Waals surface area contributed by atoms with Gasteiger partial charge in [-0.15, -0.1) is 18.3 Å². The normalized spacial score (nSPS) is 9.61. The zero-order valence-corrected chi connectivity index (χ0v) is 11.0. The zero-order chi connectivity index (χ0) is 13.4. The molecule has 4 nitrogen and oxygen atoms in total. The molecule has 1 aromatic rings. The summed E-state index contributed by atoms with van der Waals surface area (Å²) in [4.78, 5) is 23.6. The third-order valence-electron chi connectivity index (χ3n) is 2.02. The maximum Gasteiger partial charge on any atom is 0.321 e. The summed E-state index contributed by atoms with van der Waals surface area (Å²) < 4.78 is 0. The average Bonchev–Trinajstić information content (AvgIpc) is 2.34. The third-order valence-corrected chi connectivity index (χ3v) is 3.01. The van der Waals surface area contributed by atoms with Gasteiger partial charge in [0.2, 0.25) is 5.91 Å². The molecule has 96 valence electrons. The number of hydrogen-bond acceptors (Lipinski definition) is 3. The van der Waals surface area contributed by atoms with Crippen molar-refractivity contribution in [3.05, 3.63) is 42.5 Å². The summed E-state index contributed by atoms with van der Waals surface area (Å²) in [6.07, 6.45) is 1.55. The van der Waals surface area contributed by atoms with Crippen molar-refractivity contribution in [3.8, 4) is 0 Å². The van der Waals surface area contributed by atoms with E-state index in [0.717, 1.165) is 10.5 Å². The van der Waals surface area contributed by atoms with Crippen LogP contribution in [0.15, 0.2) is 41.8 Å². The lowest BCUT2D eigenvalue weighted by molar-refractivity contribution is -0.117. The number of thioether (sulfide) groups is 1. The van der Waals surface area contributed by atoms with Crippen molar-refractivity contribution in [2.24, 2.45) is 0 Å². The molecule has 1 aromatic carbocycles. The molecule has 0 heterocycles. The predicted molar refractivity (Wildman–Crippen MR) is 73.6 cm³/mol. The molecule has 0 saturated carbocycles. The third kappa shape index (κ3) is 5.54. The Morgan fingerprint density at radius 3 is 2.89 bits per heavy atom. The molecule has 3 amide bonds. The Morgan fingerprint density at radius 2 is 2.22 bits per heavy atom. The van der Waals surface area contributed by atoms with E-state index in [1.165, 1.54) is 11.8 Å². The maximum absolute atomic E-state index is 11.5. The fourth-order valence-electron chi connectivity index (χ4n) is 1.23. The van der Waals surface area contributed by atoms with Crippen molar-refractivity contribution >= 4 is 23.7 Å². The number of amides is 3. The standard InChI is InChI=1S/C13H16N2O2S/c1-3-7-14-13(17)15-12(16)9-18-11-6-4-5-10(2)8-11/h3-6,8H,1,7,9H2,2H3,(H2,14,15,16,17). The highest BCUT2D eigenvalue weighted by atomic mass is 32.2. The van der Waals surface area contributed by atoms with E-state index in [0.29, 0.717) is 6.54 Å². The van der Waals surface area contributed by atoms with Gasteiger partial charge in [-0.3, -0.25) is 10.1 Å². The number of urea groups is 1. The molecule has 0 radical (unpaired) electrons. The second-order valence-electron chi connectivity index (χ2n) is 3.65. The molecule has 0 aliphatic heterocycles. The molecule has 0 aliphatic carbocycles. The Labute approximate surface area is 111 Å². The smallest absolute Gasteiger partial charge is 0.321 e. The van der Waals surface area contributed by atoms with E-state index in [1.807, 2.05) is 31.2 Å². The summed E-state index contributed by atoms with van der Waals surface area (Å²) in [5, 5.41) is 4.71. The predicted octanol–water partition coefficient (Wildman–Crippen LogP) is 2.10. The monoisotopic (exact) mass is 264 g/mol. The number of rotatable bonds is 5. The fraction of sp³-hybridized carbons (Fsp3) is 0.231. The fourth-order valence-corrected chi connectivity index (χ4v) is 2.04. The molecule has 5 heteroatoms. The van der Waals surface area contributed by atoms with E-state index in [-0.39, 0.29) is 11.7 Å². The van der Waals surface area contributed by atoms with E-state index in [9.17, 15) is 9.59 Å². The lowest BCUT2D eigenvalue weighted by Gasteiger charge is -2.05. The minimum atomic E-state index is -0.496. The Morgan fingerprint density at radius 1 is 1.44 bits per heavy atom. The maximum atomic E-state index is 11.5. The van der Waals surface area contributed by atoms with Crippen molar-refractivity contribution in [2.75, 3.05) is 12.3 Å². The van der Waals surface area contributed by atoms with E-state index in [1.54, 1.807) is 6.08 Å². The van der Waals surface area contributed by atoms with Crippen LogP contribution in [0.25, 0.3) is 0 Å². The van der Waals surface area contributed by atoms with Crippen LogP contribution in [0.1, 0.15) is 5.56 Å². The van der Waals surface area contributed by atoms with Crippen LogP contribution in [0.4, 0.5) is 4.79 Å². The molecule has 0 aromatic heterocycles. The molecular formula is C13H16N2O2S. The van der Waals surface area contributed by atoms with Crippen molar-refractivity contribution in [1.82, 2.24) is 10.6 Å². The molecule has 0 unspecified atom stereocenters. The molecule has 0 atom stereocenters. The van der Waals surface area contributed by atoms with Crippen LogP contribution in [-0.4, -0.2) is 24.2 Å². The quantitative estimate of drug-likeness (QED) is 0.632. The van der Waals surface area contributed by atoms with Crippen LogP contribution in [-0.2, 0) is 4.79 Å². The van der Waals surface area contributed by atoms with Crippen molar-refractivity contribution < 1.29 is 9.59 Å². The average molecular weight is 264 g/mol. The molecular weight excluding hydrogens is 248 g/mol. The number of hydrogen-bond donors (Lipinski definition) is 2. The molecule has 18 heavy (non-hydrogen) atoms. The number of carbonyl (C=O) groups is 2. The summed E-state index contributed by atoms with van der Waals surface area (Å²) >= 11 is 1.40. The van der Waals surface area contributed by atoms with Gasteiger partial charge in [0, 0.05) is 11.4 Å². The van der Waals surface area contributed by atoms with Gasteiger partial charge in [-0.05, 0) is 19.1 Å². The molecule has 2 N–H and O–H groups in total. The topological polar surface area (TPSA) is 58.2 Å². The number of aryl methyl sites for hydroxylation is 1. The zero-order valence-electron chi connectivity index (χ0n) is 10.2. The van der Waals surface area contributed by atoms with Gasteiger partial charge in [0.05, 0.1) is 5.75 Å². The minimum absolute atomic E-state index is 0.213. The van der Waals surface area contributed by atoms with Gasteiger partial charge < -0.3 is 5.32 Å². The SMILES string of the molecule is C=CCNC(=O)NC(=O)CSc1cccc(C)c1. The van der Waals surface area contributed by atoms with Gasteiger partial charge in [-0.1, -0.05) is 23.8 Å². The number of carbonyl (C=O) groups excluding carboxylic acids is 2. The largest absolute Gasteiger partial charge is 0.334 e. The van der Waals surface area contributed by atoms with E-state index in [2.05, 4.69) is 17.2 Å². The summed E-state index contributed by atoms with van der Waals surface area (Å²) in [6.45, 7) is 5.79. The Kier molecular flexibility index (Phi) is 6.00. The number of benzene rings is 1. The molecule has 1 rings (SSSR count). The van der Waals surface area contributed by atoms with Gasteiger partial charge in [0.1, 0.15) is 0 Å². The summed E-state index contributed by atoms with van der Waals surface area (Å²) in [5.74, 6) is -0.103. The number of imide groups is 1. The van der Waals surface area contributed by atoms with Crippen LogP contribution in [0, 0.1) is 6.92 Å². The summed E-state index contributed by atoms with van der Waals surface area (Å²) in [5.41, 5.74) is 1.14. The first-order valence-corrected chi connectivity index (χ1v) is 6.48. The van der Waals surface area contributed by atoms with Crippen molar-refractivity contribution in [3.63, 3.8) is 0 Å². The van der Waals surface area contributed by atoms with Gasteiger partial charge in [0.25, 0.3) is 0 Å². The first kappa shape index (κ1) is 14.3. The number of nitrogens with one attached hydrogen (secondary N) is 2. The molecule has 0 aliphatic rings. The Balaban J connectivity index is 2.33. The van der Waals surface area contributed by atoms with Gasteiger partial charge in [-0.25, -0.2) is 4.79 Å². The van der Waals surface area contributed by atoms with Crippen LogP contribution in [0.3, 0.4) is 0 Å². The Bertz CT molecular complexity index is 446. The van der Waals surface area contributed by atoms with E-state index < -0.39 is 6.03 Å². The summed E-state index contributed by atoms with van der Waals surface area (Å²) in [6, 6.07) is 7.36. The second-order valence-corrected chi connectivity index (χ2v) is 4.70. The van der Waals surface area contributed by atoms with Crippen molar-refractivity contribution in [2.45, 2.75) is 11.8 Å². The van der Waals surface area contributed by atoms with Crippen LogP contribution >= 0.6 is 11.8 Å². The molecule has 0 saturated heterocycles. The highest BCUT2D eigenvalue weighted by molar-refractivity contribution is 8.00. The molecule has 0 fully saturated rings. The highest BCUT2D eigenvalue weighted by Crippen LogP contribution is 2.18. The van der Waals surface area contributed by atoms with Crippen LogP contribution in [0.2, 0.25) is 0 Å². The van der Waals surface area contributed by atoms with Crippen molar-refractivity contribution in [1.29, 1.82) is 0 Å². The van der Waals surface area contributed by atoms with Crippen LogP contribution < -0.4 is 10.6 Å². The molecule has 0 spiro atoms. The van der Waals surface area contributed by atoms with Crippen LogP contribution in [0.5, 0.6) is 0 Å². The first-order valence-electron chi connectivity index (χ1n) is 5.50. The van der Waals surface area contributed by atoms with Gasteiger partial charge in [-0.2, -0.15) is 0 Å². The molecule has 0 bridgehead atoms. The second kappa shape index (κ2) is 7.55. The van der Waals surface area contributed by atoms with E-state index >= 15 is 0 Å². The lowest BCUT2D eigenvalue weighted by Crippen LogP contribution is -2.40. The Hall–Kier alpha value is -1.75. The summed E-state index contributed by atoms with van der Waals surface area (Å²) in [7, 11) is 0. The van der Waals surface area contributed by atoms with Gasteiger partial charge >= 0.3 is 6.03 Å². The minimum Gasteiger partial charge on any atom is -0.334 e. The van der Waals surface area contributed by atoms with Gasteiger partial charge in [0.15, 0.2) is 0 Å².